The van der Waals surface area contributed by atoms with E-state index in [0.717, 1.165) is 10.5 Å². The summed E-state index contributed by atoms with van der Waals surface area (Å²) >= 11 is 6.12. The van der Waals surface area contributed by atoms with Crippen molar-refractivity contribution < 1.29 is 4.21 Å². The minimum atomic E-state index is -1.13. The van der Waals surface area contributed by atoms with Crippen LogP contribution in [0.15, 0.2) is 47.4 Å². The molecule has 0 heterocycles. The lowest BCUT2D eigenvalue weighted by atomic mass is 9.87. The zero-order valence-corrected chi connectivity index (χ0v) is 14.1. The summed E-state index contributed by atoms with van der Waals surface area (Å²) in [4.78, 5) is 0.807. The van der Waals surface area contributed by atoms with E-state index in [-0.39, 0.29) is 5.41 Å². The highest BCUT2D eigenvalue weighted by Crippen LogP contribution is 2.25. The van der Waals surface area contributed by atoms with Gasteiger partial charge in [0.15, 0.2) is 0 Å². The monoisotopic (exact) mass is 321 g/mol. The van der Waals surface area contributed by atoms with Gasteiger partial charge in [0, 0.05) is 15.6 Å². The molecule has 0 radical (unpaired) electrons. The first kappa shape index (κ1) is 16.1. The summed E-state index contributed by atoms with van der Waals surface area (Å²) in [5.74, 6) is 0.374. The largest absolute Gasteiger partial charge is 0.399 e. The zero-order valence-electron chi connectivity index (χ0n) is 12.5. The molecular formula is C17H20ClNOS. The van der Waals surface area contributed by atoms with Gasteiger partial charge in [-0.3, -0.25) is 4.21 Å². The van der Waals surface area contributed by atoms with Crippen LogP contribution in [-0.4, -0.2) is 4.21 Å². The van der Waals surface area contributed by atoms with Crippen LogP contribution in [0.4, 0.5) is 5.69 Å². The smallest absolute Gasteiger partial charge is 0.0574 e. The van der Waals surface area contributed by atoms with Gasteiger partial charge in [-0.1, -0.05) is 44.5 Å². The van der Waals surface area contributed by atoms with Crippen LogP contribution in [0.5, 0.6) is 0 Å². The van der Waals surface area contributed by atoms with Gasteiger partial charge in [0.1, 0.15) is 0 Å². The quantitative estimate of drug-likeness (QED) is 0.844. The third-order valence-corrected chi connectivity index (χ3v) is 5.08. The highest BCUT2D eigenvalue weighted by molar-refractivity contribution is 7.84. The zero-order chi connectivity index (χ0) is 15.6. The molecule has 112 valence electrons. The third-order valence-electron chi connectivity index (χ3n) is 3.34. The van der Waals surface area contributed by atoms with Crippen LogP contribution in [0.2, 0.25) is 5.02 Å². The highest BCUT2D eigenvalue weighted by Gasteiger charge is 2.14. The number of benzene rings is 2. The van der Waals surface area contributed by atoms with Crippen LogP contribution in [0, 0.1) is 0 Å². The Morgan fingerprint density at radius 3 is 2.29 bits per heavy atom. The Kier molecular flexibility index (Phi) is 4.74. The predicted octanol–water partition coefficient (Wildman–Crippen LogP) is 4.53. The van der Waals surface area contributed by atoms with Gasteiger partial charge in [0.2, 0.25) is 0 Å². The Bertz CT molecular complexity index is 659. The minimum absolute atomic E-state index is 0.0945. The van der Waals surface area contributed by atoms with E-state index in [4.69, 9.17) is 17.3 Å². The first-order valence-electron chi connectivity index (χ1n) is 6.80. The van der Waals surface area contributed by atoms with E-state index in [1.54, 1.807) is 18.2 Å². The molecule has 0 fully saturated rings. The lowest BCUT2D eigenvalue weighted by Gasteiger charge is -2.19. The van der Waals surface area contributed by atoms with Crippen molar-refractivity contribution in [2.75, 3.05) is 5.73 Å². The molecule has 21 heavy (non-hydrogen) atoms. The van der Waals surface area contributed by atoms with Gasteiger partial charge >= 0.3 is 0 Å². The molecule has 0 aliphatic heterocycles. The summed E-state index contributed by atoms with van der Waals surface area (Å²) in [5.41, 5.74) is 8.52. The standard InChI is InChI=1S/C17H20ClNOS/c1-17(2,3)13-4-7-15(8-5-13)21(20)11-12-10-14(19)6-9-16(12)18/h4-10H,11,19H2,1-3H3. The second kappa shape index (κ2) is 6.20. The van der Waals surface area contributed by atoms with Gasteiger partial charge in [-0.2, -0.15) is 0 Å². The summed E-state index contributed by atoms with van der Waals surface area (Å²) in [7, 11) is -1.13. The lowest BCUT2D eigenvalue weighted by Crippen LogP contribution is -2.10. The molecule has 2 rings (SSSR count). The fourth-order valence-corrected chi connectivity index (χ4v) is 3.43. The first-order valence-corrected chi connectivity index (χ1v) is 8.50. The molecular weight excluding hydrogens is 302 g/mol. The molecule has 0 bridgehead atoms. The van der Waals surface area contributed by atoms with Crippen molar-refractivity contribution >= 4 is 28.1 Å². The summed E-state index contributed by atoms with van der Waals surface area (Å²) < 4.78 is 12.5. The SMILES string of the molecule is CC(C)(C)c1ccc(S(=O)Cc2cc(N)ccc2Cl)cc1. The van der Waals surface area contributed by atoms with Gasteiger partial charge in [0.25, 0.3) is 0 Å². The van der Waals surface area contributed by atoms with Crippen molar-refractivity contribution in [1.82, 2.24) is 0 Å². The van der Waals surface area contributed by atoms with Crippen LogP contribution < -0.4 is 5.73 Å². The second-order valence-electron chi connectivity index (χ2n) is 6.12. The second-order valence-corrected chi connectivity index (χ2v) is 7.97. The number of anilines is 1. The Balaban J connectivity index is 2.19. The van der Waals surface area contributed by atoms with Crippen molar-refractivity contribution in [1.29, 1.82) is 0 Å². The normalized spacial score (nSPS) is 13.1. The Morgan fingerprint density at radius 2 is 1.71 bits per heavy atom. The van der Waals surface area contributed by atoms with Crippen molar-refractivity contribution in [2.45, 2.75) is 36.8 Å². The molecule has 1 unspecified atom stereocenters. The molecule has 0 saturated heterocycles. The number of hydrogen-bond acceptors (Lipinski definition) is 2. The maximum atomic E-state index is 12.5. The van der Waals surface area contributed by atoms with Crippen molar-refractivity contribution in [3.63, 3.8) is 0 Å². The fourth-order valence-electron chi connectivity index (χ4n) is 2.04. The van der Waals surface area contributed by atoms with Crippen molar-refractivity contribution in [3.05, 3.63) is 58.6 Å². The molecule has 0 aromatic heterocycles. The molecule has 2 aromatic rings. The maximum absolute atomic E-state index is 12.5. The Hall–Kier alpha value is -1.32. The first-order chi connectivity index (χ1) is 9.77. The van der Waals surface area contributed by atoms with Crippen LogP contribution >= 0.6 is 11.6 Å². The van der Waals surface area contributed by atoms with Crippen LogP contribution in [0.25, 0.3) is 0 Å². The van der Waals surface area contributed by atoms with E-state index < -0.39 is 10.8 Å². The minimum Gasteiger partial charge on any atom is -0.399 e. The Labute approximate surface area is 133 Å². The van der Waals surface area contributed by atoms with E-state index in [9.17, 15) is 4.21 Å². The number of halogens is 1. The van der Waals surface area contributed by atoms with Gasteiger partial charge < -0.3 is 5.73 Å². The molecule has 2 N–H and O–H groups in total. The van der Waals surface area contributed by atoms with Crippen molar-refractivity contribution in [2.24, 2.45) is 0 Å². The summed E-state index contributed by atoms with van der Waals surface area (Å²) in [6.07, 6.45) is 0. The molecule has 0 saturated carbocycles. The van der Waals surface area contributed by atoms with Gasteiger partial charge in [-0.05, 0) is 46.9 Å². The molecule has 0 aliphatic rings. The molecule has 0 aliphatic carbocycles. The lowest BCUT2D eigenvalue weighted by molar-refractivity contribution is 0.589. The van der Waals surface area contributed by atoms with E-state index in [1.807, 2.05) is 24.3 Å². The molecule has 0 amide bonds. The Morgan fingerprint density at radius 1 is 1.10 bits per heavy atom. The predicted molar refractivity (Wildman–Crippen MR) is 91.1 cm³/mol. The number of hydrogen-bond donors (Lipinski definition) is 1. The van der Waals surface area contributed by atoms with Crippen LogP contribution in [0.1, 0.15) is 31.9 Å². The van der Waals surface area contributed by atoms with Gasteiger partial charge in [-0.25, -0.2) is 0 Å². The molecule has 2 nitrogen and oxygen atoms in total. The van der Waals surface area contributed by atoms with E-state index in [1.165, 1.54) is 5.56 Å². The van der Waals surface area contributed by atoms with E-state index in [0.29, 0.717) is 16.5 Å². The summed E-state index contributed by atoms with van der Waals surface area (Å²) in [6.45, 7) is 6.47. The number of rotatable bonds is 3. The summed E-state index contributed by atoms with van der Waals surface area (Å²) in [6, 6.07) is 13.2. The van der Waals surface area contributed by atoms with Crippen LogP contribution in [0.3, 0.4) is 0 Å². The van der Waals surface area contributed by atoms with E-state index >= 15 is 0 Å². The fraction of sp³-hybridized carbons (Fsp3) is 0.294. The van der Waals surface area contributed by atoms with Crippen molar-refractivity contribution in [3.8, 4) is 0 Å². The van der Waals surface area contributed by atoms with E-state index in [2.05, 4.69) is 20.8 Å². The van der Waals surface area contributed by atoms with Gasteiger partial charge in [0.05, 0.1) is 16.6 Å². The third kappa shape index (κ3) is 4.08. The average molecular weight is 322 g/mol. The number of nitrogens with two attached hydrogens (primary N) is 1. The molecule has 2 aromatic carbocycles. The van der Waals surface area contributed by atoms with Crippen LogP contribution in [-0.2, 0) is 22.0 Å². The van der Waals surface area contributed by atoms with Gasteiger partial charge in [-0.15, -0.1) is 0 Å². The maximum Gasteiger partial charge on any atom is 0.0574 e. The topological polar surface area (TPSA) is 43.1 Å². The number of nitrogen functional groups attached to an aromatic ring is 1. The average Bonchev–Trinajstić information content (AvgIpc) is 2.42. The molecule has 0 spiro atoms. The summed E-state index contributed by atoms with van der Waals surface area (Å²) in [5, 5.41) is 0.601. The highest BCUT2D eigenvalue weighted by atomic mass is 35.5. The molecule has 1 atom stereocenters. The molecule has 4 heteroatoms.